The maximum absolute atomic E-state index is 13.1. The minimum absolute atomic E-state index is 0.00770. The highest BCUT2D eigenvalue weighted by molar-refractivity contribution is 7.91. The number of sulfone groups is 2. The first-order valence-electron chi connectivity index (χ1n) is 11.0. The van der Waals surface area contributed by atoms with Gasteiger partial charge >= 0.3 is 0 Å². The van der Waals surface area contributed by atoms with E-state index >= 15 is 0 Å². The second-order valence-corrected chi connectivity index (χ2v) is 13.2. The van der Waals surface area contributed by atoms with Gasteiger partial charge in [-0.3, -0.25) is 0 Å². The minimum Gasteiger partial charge on any atom is -0.508 e. The van der Waals surface area contributed by atoms with Crippen LogP contribution in [-0.2, 0) is 25.1 Å². The van der Waals surface area contributed by atoms with Gasteiger partial charge in [-0.05, 0) is 82.8 Å². The van der Waals surface area contributed by atoms with Gasteiger partial charge in [0.15, 0.2) is 0 Å². The van der Waals surface area contributed by atoms with Gasteiger partial charge in [0.1, 0.15) is 5.75 Å². The lowest BCUT2D eigenvalue weighted by atomic mass is 9.87. The van der Waals surface area contributed by atoms with Crippen LogP contribution in [0.3, 0.4) is 0 Å². The molecule has 0 heterocycles. The van der Waals surface area contributed by atoms with Gasteiger partial charge in [0.25, 0.3) is 0 Å². The molecule has 0 fully saturated rings. The number of phenolic OH excluding ortho intramolecular Hbond substituents is 1. The fourth-order valence-corrected chi connectivity index (χ4v) is 6.21. The average molecular weight is 507 g/mol. The molecule has 0 radical (unpaired) electrons. The molecule has 4 aromatic carbocycles. The van der Waals surface area contributed by atoms with E-state index in [1.54, 1.807) is 48.5 Å². The van der Waals surface area contributed by atoms with Crippen LogP contribution < -0.4 is 0 Å². The van der Waals surface area contributed by atoms with E-state index < -0.39 is 19.7 Å². The van der Waals surface area contributed by atoms with Crippen LogP contribution in [0.2, 0.25) is 0 Å². The van der Waals surface area contributed by atoms with Crippen molar-refractivity contribution in [3.05, 3.63) is 103 Å². The molecule has 0 amide bonds. The summed E-state index contributed by atoms with van der Waals surface area (Å²) >= 11 is 0. The zero-order valence-electron chi connectivity index (χ0n) is 19.6. The summed E-state index contributed by atoms with van der Waals surface area (Å²) < 4.78 is 51.8. The Balaban J connectivity index is 1.57. The van der Waals surface area contributed by atoms with Crippen LogP contribution in [0.25, 0.3) is 11.1 Å². The fraction of sp³-hybridized carbons (Fsp3) is 0.143. The van der Waals surface area contributed by atoms with E-state index in [9.17, 15) is 21.9 Å². The van der Waals surface area contributed by atoms with Crippen molar-refractivity contribution in [2.45, 2.75) is 45.8 Å². The molecule has 0 bridgehead atoms. The summed E-state index contributed by atoms with van der Waals surface area (Å²) in [4.78, 5) is 0.649. The summed E-state index contributed by atoms with van der Waals surface area (Å²) in [7, 11) is -7.37. The van der Waals surface area contributed by atoms with Crippen LogP contribution in [0.5, 0.6) is 5.75 Å². The Hall–Kier alpha value is -3.42. The lowest BCUT2D eigenvalue weighted by Crippen LogP contribution is -2.11. The molecule has 0 aromatic heterocycles. The zero-order valence-corrected chi connectivity index (χ0v) is 21.3. The second kappa shape index (κ2) is 8.98. The van der Waals surface area contributed by atoms with Gasteiger partial charge < -0.3 is 5.11 Å². The molecule has 1 N–H and O–H groups in total. The first kappa shape index (κ1) is 24.7. The van der Waals surface area contributed by atoms with Gasteiger partial charge in [0, 0.05) is 0 Å². The maximum atomic E-state index is 13.1. The molecule has 0 spiro atoms. The first-order chi connectivity index (χ1) is 16.4. The van der Waals surface area contributed by atoms with Crippen LogP contribution in [0, 0.1) is 0 Å². The molecular weight excluding hydrogens is 480 g/mol. The van der Waals surface area contributed by atoms with Crippen molar-refractivity contribution in [3.8, 4) is 16.9 Å². The van der Waals surface area contributed by atoms with Gasteiger partial charge in [0.2, 0.25) is 19.7 Å². The Bertz CT molecular complexity index is 1540. The third-order valence-electron chi connectivity index (χ3n) is 5.84. The quantitative estimate of drug-likeness (QED) is 0.357. The minimum atomic E-state index is -3.71. The molecule has 0 saturated carbocycles. The number of rotatable bonds is 5. The molecular formula is C28H26O5S2. The molecule has 0 saturated heterocycles. The van der Waals surface area contributed by atoms with E-state index in [4.69, 9.17) is 0 Å². The third kappa shape index (κ3) is 5.01. The molecule has 0 aliphatic carbocycles. The Morgan fingerprint density at radius 3 is 1.09 bits per heavy atom. The molecule has 5 nitrogen and oxygen atoms in total. The van der Waals surface area contributed by atoms with E-state index in [1.165, 1.54) is 36.4 Å². The van der Waals surface area contributed by atoms with Crippen LogP contribution in [0.1, 0.15) is 26.3 Å². The van der Waals surface area contributed by atoms with E-state index in [-0.39, 0.29) is 30.7 Å². The normalized spacial score (nSPS) is 12.4. The summed E-state index contributed by atoms with van der Waals surface area (Å²) in [5.41, 5.74) is 2.51. The predicted octanol–water partition coefficient (Wildman–Crippen LogP) is 6.02. The number of hydrogen-bond donors (Lipinski definition) is 1. The van der Waals surface area contributed by atoms with Crippen LogP contribution in [0.4, 0.5) is 0 Å². The largest absolute Gasteiger partial charge is 0.508 e. The van der Waals surface area contributed by atoms with E-state index in [2.05, 4.69) is 20.8 Å². The number of phenols is 1. The topological polar surface area (TPSA) is 88.5 Å². The standard InChI is InChI=1S/C28H26O5S2/c1-28(2,3)22-8-16-26(17-9-22)34(30,31)24-12-4-20(5-13-24)21-6-14-25(15-7-21)35(32,33)27-18-10-23(29)11-19-27/h4-19,29H,1-3H3. The summed E-state index contributed by atoms with van der Waals surface area (Å²) in [5.74, 6) is -0.00770. The number of benzene rings is 4. The van der Waals surface area contributed by atoms with Crippen molar-refractivity contribution in [1.29, 1.82) is 0 Å². The third-order valence-corrected chi connectivity index (χ3v) is 9.41. The van der Waals surface area contributed by atoms with Crippen molar-refractivity contribution < 1.29 is 21.9 Å². The smallest absolute Gasteiger partial charge is 0.206 e. The van der Waals surface area contributed by atoms with Crippen molar-refractivity contribution in [2.24, 2.45) is 0 Å². The Labute approximate surface area is 206 Å². The predicted molar refractivity (Wildman–Crippen MR) is 136 cm³/mol. The highest BCUT2D eigenvalue weighted by Crippen LogP contribution is 2.29. The Morgan fingerprint density at radius 1 is 0.486 bits per heavy atom. The van der Waals surface area contributed by atoms with E-state index in [0.29, 0.717) is 0 Å². The van der Waals surface area contributed by atoms with Gasteiger partial charge in [-0.1, -0.05) is 57.2 Å². The van der Waals surface area contributed by atoms with Crippen molar-refractivity contribution >= 4 is 19.7 Å². The van der Waals surface area contributed by atoms with Gasteiger partial charge in [-0.25, -0.2) is 16.8 Å². The zero-order chi connectivity index (χ0) is 25.4. The molecule has 4 aromatic rings. The SMILES string of the molecule is CC(C)(C)c1ccc(S(=O)(=O)c2ccc(-c3ccc(S(=O)(=O)c4ccc(O)cc4)cc3)cc2)cc1. The highest BCUT2D eigenvalue weighted by Gasteiger charge is 2.20. The van der Waals surface area contributed by atoms with Crippen LogP contribution >= 0.6 is 0 Å². The van der Waals surface area contributed by atoms with Gasteiger partial charge in [0.05, 0.1) is 19.6 Å². The van der Waals surface area contributed by atoms with Gasteiger partial charge in [-0.15, -0.1) is 0 Å². The van der Waals surface area contributed by atoms with Crippen molar-refractivity contribution in [1.82, 2.24) is 0 Å². The van der Waals surface area contributed by atoms with Crippen LogP contribution in [-0.4, -0.2) is 21.9 Å². The van der Waals surface area contributed by atoms with Gasteiger partial charge in [-0.2, -0.15) is 0 Å². The molecule has 0 aliphatic heterocycles. The Morgan fingerprint density at radius 2 is 0.771 bits per heavy atom. The monoisotopic (exact) mass is 506 g/mol. The highest BCUT2D eigenvalue weighted by atomic mass is 32.2. The van der Waals surface area contributed by atoms with Crippen LogP contribution in [0.15, 0.2) is 117 Å². The molecule has 0 unspecified atom stereocenters. The lowest BCUT2D eigenvalue weighted by Gasteiger charge is -2.19. The number of hydrogen-bond acceptors (Lipinski definition) is 5. The van der Waals surface area contributed by atoms with E-state index in [1.807, 2.05) is 12.1 Å². The molecule has 7 heteroatoms. The molecule has 180 valence electrons. The molecule has 0 aliphatic rings. The summed E-state index contributed by atoms with van der Waals surface area (Å²) in [6, 6.07) is 25.3. The maximum Gasteiger partial charge on any atom is 0.206 e. The molecule has 0 atom stereocenters. The summed E-state index contributed by atoms with van der Waals surface area (Å²) in [6.45, 7) is 6.22. The first-order valence-corrected chi connectivity index (χ1v) is 14.0. The average Bonchev–Trinajstić information content (AvgIpc) is 2.84. The molecule has 35 heavy (non-hydrogen) atoms. The summed E-state index contributed by atoms with van der Waals surface area (Å²) in [6.07, 6.45) is 0. The van der Waals surface area contributed by atoms with Crippen molar-refractivity contribution in [3.63, 3.8) is 0 Å². The number of aromatic hydroxyl groups is 1. The molecule has 4 rings (SSSR count). The lowest BCUT2D eigenvalue weighted by molar-refractivity contribution is 0.475. The van der Waals surface area contributed by atoms with Crippen molar-refractivity contribution in [2.75, 3.05) is 0 Å². The second-order valence-electron chi connectivity index (χ2n) is 9.32. The fourth-order valence-electron chi connectivity index (χ4n) is 3.68. The summed E-state index contributed by atoms with van der Waals surface area (Å²) in [5, 5.41) is 9.40. The Kier molecular flexibility index (Phi) is 6.34. The van der Waals surface area contributed by atoms with E-state index in [0.717, 1.165) is 16.7 Å².